The van der Waals surface area contributed by atoms with Crippen molar-refractivity contribution in [2.45, 2.75) is 19.6 Å². The molecule has 0 saturated heterocycles. The monoisotopic (exact) mass is 338 g/mol. The number of carbonyl (C=O) groups is 1. The molecule has 0 aliphatic heterocycles. The Bertz CT molecular complexity index is 788. The zero-order valence-corrected chi connectivity index (χ0v) is 14.1. The lowest BCUT2D eigenvalue weighted by atomic mass is 10.1. The molecule has 24 heavy (non-hydrogen) atoms. The third kappa shape index (κ3) is 4.20. The maximum Gasteiger partial charge on any atom is 0.261 e. The molecule has 0 saturated carbocycles. The van der Waals surface area contributed by atoms with Crippen molar-refractivity contribution in [3.8, 4) is 16.9 Å². The van der Waals surface area contributed by atoms with Crippen LogP contribution in [0.25, 0.3) is 11.1 Å². The van der Waals surface area contributed by atoms with E-state index in [1.165, 1.54) is 0 Å². The fourth-order valence-corrected chi connectivity index (χ4v) is 2.93. The molecule has 1 amide bonds. The second kappa shape index (κ2) is 7.75. The minimum atomic E-state index is -0.555. The van der Waals surface area contributed by atoms with Gasteiger partial charge in [0.2, 0.25) is 0 Å². The number of para-hydroxylation sites is 1. The van der Waals surface area contributed by atoms with Crippen molar-refractivity contribution < 1.29 is 9.53 Å². The molecule has 1 N–H and O–H groups in total. The average molecular weight is 338 g/mol. The highest BCUT2D eigenvalue weighted by atomic mass is 32.1. The molecule has 3 aromatic rings. The van der Waals surface area contributed by atoms with Gasteiger partial charge in [-0.15, -0.1) is 0 Å². The standard InChI is InChI=1S/C19H18N2O2S/c1-14(23-18-5-3-2-4-6-18)19(22)21-11-15-9-17(12-20-10-15)16-7-8-24-13-16/h2-10,12-14H,11H2,1H3,(H,21,22)/t14-/m0/s1. The molecular formula is C19H18N2O2S. The first-order valence-corrected chi connectivity index (χ1v) is 8.62. The summed E-state index contributed by atoms with van der Waals surface area (Å²) in [5.41, 5.74) is 3.15. The van der Waals surface area contributed by atoms with Crippen molar-refractivity contribution in [2.75, 3.05) is 0 Å². The van der Waals surface area contributed by atoms with Crippen LogP contribution in [0.2, 0.25) is 0 Å². The molecule has 122 valence electrons. The summed E-state index contributed by atoms with van der Waals surface area (Å²) in [7, 11) is 0. The molecule has 0 aliphatic rings. The van der Waals surface area contributed by atoms with Gasteiger partial charge in [0, 0.05) is 24.5 Å². The Morgan fingerprint density at radius 2 is 2.04 bits per heavy atom. The van der Waals surface area contributed by atoms with Crippen LogP contribution < -0.4 is 10.1 Å². The van der Waals surface area contributed by atoms with E-state index >= 15 is 0 Å². The summed E-state index contributed by atoms with van der Waals surface area (Å²) in [5.74, 6) is 0.529. The fourth-order valence-electron chi connectivity index (χ4n) is 2.26. The van der Waals surface area contributed by atoms with Gasteiger partial charge in [-0.2, -0.15) is 11.3 Å². The molecule has 2 aromatic heterocycles. The predicted molar refractivity (Wildman–Crippen MR) is 95.9 cm³/mol. The first-order valence-electron chi connectivity index (χ1n) is 7.68. The van der Waals surface area contributed by atoms with Crippen molar-refractivity contribution in [2.24, 2.45) is 0 Å². The first-order chi connectivity index (χ1) is 11.7. The molecule has 0 radical (unpaired) electrons. The number of pyridine rings is 1. The molecule has 0 aliphatic carbocycles. The summed E-state index contributed by atoms with van der Waals surface area (Å²) >= 11 is 1.65. The number of nitrogens with one attached hydrogen (secondary N) is 1. The second-order valence-electron chi connectivity index (χ2n) is 5.38. The summed E-state index contributed by atoms with van der Waals surface area (Å²) in [6.45, 7) is 2.16. The molecule has 4 nitrogen and oxygen atoms in total. The van der Waals surface area contributed by atoms with Gasteiger partial charge in [0.05, 0.1) is 0 Å². The molecule has 3 rings (SSSR count). The van der Waals surface area contributed by atoms with E-state index in [1.807, 2.05) is 48.0 Å². The number of thiophene rings is 1. The van der Waals surface area contributed by atoms with Crippen molar-refractivity contribution in [1.82, 2.24) is 10.3 Å². The minimum absolute atomic E-state index is 0.153. The first kappa shape index (κ1) is 16.2. The van der Waals surface area contributed by atoms with Gasteiger partial charge in [-0.3, -0.25) is 9.78 Å². The molecule has 2 heterocycles. The Kier molecular flexibility index (Phi) is 5.23. The van der Waals surface area contributed by atoms with Gasteiger partial charge in [-0.1, -0.05) is 18.2 Å². The Morgan fingerprint density at radius 3 is 2.79 bits per heavy atom. The third-order valence-corrected chi connectivity index (χ3v) is 4.22. The lowest BCUT2D eigenvalue weighted by Crippen LogP contribution is -2.35. The van der Waals surface area contributed by atoms with Gasteiger partial charge in [-0.25, -0.2) is 0 Å². The smallest absolute Gasteiger partial charge is 0.261 e. The topological polar surface area (TPSA) is 51.2 Å². The Hall–Kier alpha value is -2.66. The van der Waals surface area contributed by atoms with E-state index in [1.54, 1.807) is 24.5 Å². The number of nitrogens with zero attached hydrogens (tertiary/aromatic N) is 1. The predicted octanol–water partition coefficient (Wildman–Crippen LogP) is 3.89. The highest BCUT2D eigenvalue weighted by molar-refractivity contribution is 7.08. The molecule has 0 spiro atoms. The van der Waals surface area contributed by atoms with Crippen molar-refractivity contribution in [3.63, 3.8) is 0 Å². The van der Waals surface area contributed by atoms with Crippen LogP contribution >= 0.6 is 11.3 Å². The zero-order chi connectivity index (χ0) is 16.8. The van der Waals surface area contributed by atoms with Gasteiger partial charge >= 0.3 is 0 Å². The van der Waals surface area contributed by atoms with E-state index < -0.39 is 6.10 Å². The summed E-state index contributed by atoms with van der Waals surface area (Å²) in [6.07, 6.45) is 3.04. The van der Waals surface area contributed by atoms with E-state index in [-0.39, 0.29) is 5.91 Å². The average Bonchev–Trinajstić information content (AvgIpc) is 3.15. The van der Waals surface area contributed by atoms with Crippen LogP contribution in [-0.2, 0) is 11.3 Å². The summed E-state index contributed by atoms with van der Waals surface area (Å²) in [4.78, 5) is 16.4. The van der Waals surface area contributed by atoms with E-state index in [0.717, 1.165) is 16.7 Å². The number of carbonyl (C=O) groups excluding carboxylic acids is 1. The summed E-state index contributed by atoms with van der Waals surface area (Å²) in [5, 5.41) is 7.00. The summed E-state index contributed by atoms with van der Waals surface area (Å²) in [6, 6.07) is 13.4. The Labute approximate surface area is 145 Å². The molecule has 0 bridgehead atoms. The number of benzene rings is 1. The van der Waals surface area contributed by atoms with Crippen LogP contribution in [0, 0.1) is 0 Å². The van der Waals surface area contributed by atoms with Crippen LogP contribution in [0.4, 0.5) is 0 Å². The number of aromatic nitrogens is 1. The van der Waals surface area contributed by atoms with Crippen molar-refractivity contribution >= 4 is 17.2 Å². The molecule has 0 fully saturated rings. The number of hydrogen-bond donors (Lipinski definition) is 1. The largest absolute Gasteiger partial charge is 0.481 e. The molecule has 1 aromatic carbocycles. The van der Waals surface area contributed by atoms with Crippen LogP contribution in [-0.4, -0.2) is 17.0 Å². The van der Waals surface area contributed by atoms with Gasteiger partial charge < -0.3 is 10.1 Å². The fraction of sp³-hybridized carbons (Fsp3) is 0.158. The van der Waals surface area contributed by atoms with E-state index in [2.05, 4.69) is 21.7 Å². The van der Waals surface area contributed by atoms with E-state index in [9.17, 15) is 4.79 Å². The Morgan fingerprint density at radius 1 is 1.21 bits per heavy atom. The molecule has 5 heteroatoms. The number of rotatable bonds is 6. The van der Waals surface area contributed by atoms with Crippen LogP contribution in [0.5, 0.6) is 5.75 Å². The highest BCUT2D eigenvalue weighted by Gasteiger charge is 2.14. The summed E-state index contributed by atoms with van der Waals surface area (Å²) < 4.78 is 5.62. The van der Waals surface area contributed by atoms with Gasteiger partial charge in [0.25, 0.3) is 5.91 Å². The normalized spacial score (nSPS) is 11.7. The zero-order valence-electron chi connectivity index (χ0n) is 13.3. The second-order valence-corrected chi connectivity index (χ2v) is 6.16. The molecular weight excluding hydrogens is 320 g/mol. The molecule has 1 atom stereocenters. The number of amides is 1. The number of hydrogen-bond acceptors (Lipinski definition) is 4. The van der Waals surface area contributed by atoms with Crippen LogP contribution in [0.3, 0.4) is 0 Å². The maximum absolute atomic E-state index is 12.2. The lowest BCUT2D eigenvalue weighted by Gasteiger charge is -2.14. The van der Waals surface area contributed by atoms with Crippen molar-refractivity contribution in [1.29, 1.82) is 0 Å². The van der Waals surface area contributed by atoms with E-state index in [4.69, 9.17) is 4.74 Å². The SMILES string of the molecule is C[C@H](Oc1ccccc1)C(=O)NCc1cncc(-c2ccsc2)c1. The highest BCUT2D eigenvalue weighted by Crippen LogP contribution is 2.21. The van der Waals surface area contributed by atoms with Gasteiger partial charge in [0.15, 0.2) is 6.10 Å². The van der Waals surface area contributed by atoms with Gasteiger partial charge in [-0.05, 0) is 53.1 Å². The van der Waals surface area contributed by atoms with Crippen molar-refractivity contribution in [3.05, 3.63) is 71.2 Å². The minimum Gasteiger partial charge on any atom is -0.481 e. The van der Waals surface area contributed by atoms with Crippen LogP contribution in [0.15, 0.2) is 65.6 Å². The number of ether oxygens (including phenoxy) is 1. The molecule has 0 unspecified atom stereocenters. The maximum atomic E-state index is 12.2. The Balaban J connectivity index is 1.57. The van der Waals surface area contributed by atoms with Crippen LogP contribution in [0.1, 0.15) is 12.5 Å². The van der Waals surface area contributed by atoms with E-state index in [0.29, 0.717) is 12.3 Å². The van der Waals surface area contributed by atoms with Gasteiger partial charge in [0.1, 0.15) is 5.75 Å². The lowest BCUT2D eigenvalue weighted by molar-refractivity contribution is -0.127. The third-order valence-electron chi connectivity index (χ3n) is 3.54. The quantitative estimate of drug-likeness (QED) is 0.742.